The van der Waals surface area contributed by atoms with Crippen molar-refractivity contribution >= 4 is 0 Å². The van der Waals surface area contributed by atoms with Crippen molar-refractivity contribution in [2.45, 2.75) is 51.1 Å². The maximum absolute atomic E-state index is 6.35. The second-order valence-electron chi connectivity index (χ2n) is 6.73. The zero-order valence-corrected chi connectivity index (χ0v) is 12.2. The molecule has 1 saturated carbocycles. The highest BCUT2D eigenvalue weighted by Gasteiger charge is 2.33. The van der Waals surface area contributed by atoms with Crippen LogP contribution >= 0.6 is 0 Å². The fraction of sp³-hybridized carbons (Fsp3) is 0.647. The number of rotatable bonds is 4. The topological polar surface area (TPSA) is 29.3 Å². The van der Waals surface area contributed by atoms with E-state index in [9.17, 15) is 0 Å². The van der Waals surface area contributed by atoms with Gasteiger partial charge in [0, 0.05) is 25.2 Å². The van der Waals surface area contributed by atoms with Gasteiger partial charge in [0.25, 0.3) is 0 Å². The van der Waals surface area contributed by atoms with Crippen molar-refractivity contribution < 1.29 is 0 Å². The van der Waals surface area contributed by atoms with Crippen LogP contribution in [0.25, 0.3) is 0 Å². The van der Waals surface area contributed by atoms with Crippen LogP contribution in [0.15, 0.2) is 24.3 Å². The van der Waals surface area contributed by atoms with Gasteiger partial charge in [-0.2, -0.15) is 0 Å². The van der Waals surface area contributed by atoms with Crippen LogP contribution in [0.3, 0.4) is 0 Å². The van der Waals surface area contributed by atoms with Crippen molar-refractivity contribution in [3.63, 3.8) is 0 Å². The first-order valence-electron chi connectivity index (χ1n) is 7.74. The monoisotopic (exact) mass is 258 g/mol. The van der Waals surface area contributed by atoms with E-state index < -0.39 is 0 Å². The van der Waals surface area contributed by atoms with E-state index >= 15 is 0 Å². The number of benzene rings is 1. The fourth-order valence-electron chi connectivity index (χ4n) is 3.40. The molecule has 0 spiro atoms. The molecular formula is C17H26N2. The summed E-state index contributed by atoms with van der Waals surface area (Å²) in [6.45, 7) is 6.88. The lowest BCUT2D eigenvalue weighted by Crippen LogP contribution is -2.33. The summed E-state index contributed by atoms with van der Waals surface area (Å²) in [7, 11) is 0. The Morgan fingerprint density at radius 1 is 1.11 bits per heavy atom. The Bertz CT molecular complexity index is 419. The summed E-state index contributed by atoms with van der Waals surface area (Å²) >= 11 is 0. The Hall–Kier alpha value is -0.860. The average molecular weight is 258 g/mol. The summed E-state index contributed by atoms with van der Waals surface area (Å²) in [6.07, 6.45) is 3.88. The molecule has 1 aliphatic heterocycles. The van der Waals surface area contributed by atoms with Gasteiger partial charge >= 0.3 is 0 Å². The summed E-state index contributed by atoms with van der Waals surface area (Å²) in [5.41, 5.74) is 9.28. The number of likely N-dealkylation sites (tertiary alicyclic amines) is 1. The van der Waals surface area contributed by atoms with Crippen LogP contribution in [-0.2, 0) is 0 Å². The zero-order chi connectivity index (χ0) is 13.4. The highest BCUT2D eigenvalue weighted by molar-refractivity contribution is 5.31. The molecule has 1 aliphatic carbocycles. The van der Waals surface area contributed by atoms with Crippen LogP contribution in [0, 0.1) is 5.92 Å². The Kier molecular flexibility index (Phi) is 3.64. The van der Waals surface area contributed by atoms with Crippen molar-refractivity contribution in [1.82, 2.24) is 4.90 Å². The quantitative estimate of drug-likeness (QED) is 0.898. The largest absolute Gasteiger partial charge is 0.326 e. The van der Waals surface area contributed by atoms with Crippen molar-refractivity contribution in [2.24, 2.45) is 11.7 Å². The second kappa shape index (κ2) is 5.26. The molecule has 19 heavy (non-hydrogen) atoms. The third-order valence-electron chi connectivity index (χ3n) is 4.47. The lowest BCUT2D eigenvalue weighted by atomic mass is 9.98. The van der Waals surface area contributed by atoms with E-state index in [0.29, 0.717) is 18.0 Å². The first-order chi connectivity index (χ1) is 9.15. The molecule has 2 N–H and O–H groups in total. The molecular weight excluding hydrogens is 232 g/mol. The van der Waals surface area contributed by atoms with Gasteiger partial charge in [-0.1, -0.05) is 38.1 Å². The minimum atomic E-state index is 0.297. The third-order valence-corrected chi connectivity index (χ3v) is 4.47. The van der Waals surface area contributed by atoms with E-state index in [1.54, 1.807) is 0 Å². The van der Waals surface area contributed by atoms with Crippen molar-refractivity contribution in [2.75, 3.05) is 13.1 Å². The molecule has 0 amide bonds. The summed E-state index contributed by atoms with van der Waals surface area (Å²) in [5.74, 6) is 1.55. The maximum atomic E-state index is 6.35. The minimum Gasteiger partial charge on any atom is -0.326 e. The normalized spacial score (nSPS) is 28.2. The summed E-state index contributed by atoms with van der Waals surface area (Å²) in [6, 6.07) is 10.0. The maximum Gasteiger partial charge on any atom is 0.0499 e. The first kappa shape index (κ1) is 13.1. The number of nitrogens with two attached hydrogens (primary N) is 1. The van der Waals surface area contributed by atoms with Gasteiger partial charge in [-0.05, 0) is 42.2 Å². The van der Waals surface area contributed by atoms with Gasteiger partial charge in [0.1, 0.15) is 0 Å². The molecule has 0 radical (unpaired) electrons. The molecule has 1 heterocycles. The third kappa shape index (κ3) is 2.85. The molecule has 1 saturated heterocycles. The smallest absolute Gasteiger partial charge is 0.0499 e. The molecule has 2 aliphatic rings. The number of hydrogen-bond donors (Lipinski definition) is 1. The standard InChI is InChI=1S/C17H26N2/c1-12(2)11-19-10-9-16(18)17(19)15-7-5-14(6-8-15)13-3-4-13/h5-8,12-13,16-17H,3-4,9-11,18H2,1-2H3. The van der Waals surface area contributed by atoms with Gasteiger partial charge in [0.2, 0.25) is 0 Å². The van der Waals surface area contributed by atoms with E-state index in [0.717, 1.165) is 25.4 Å². The Morgan fingerprint density at radius 3 is 2.32 bits per heavy atom. The van der Waals surface area contributed by atoms with Crippen molar-refractivity contribution in [1.29, 1.82) is 0 Å². The molecule has 1 aromatic carbocycles. The van der Waals surface area contributed by atoms with E-state index in [-0.39, 0.29) is 0 Å². The Balaban J connectivity index is 1.77. The molecule has 104 valence electrons. The van der Waals surface area contributed by atoms with Crippen LogP contribution in [0.2, 0.25) is 0 Å². The molecule has 0 aromatic heterocycles. The lowest BCUT2D eigenvalue weighted by molar-refractivity contribution is 0.221. The van der Waals surface area contributed by atoms with Crippen molar-refractivity contribution in [3.8, 4) is 0 Å². The predicted molar refractivity (Wildman–Crippen MR) is 80.2 cm³/mol. The Labute approximate surface area is 117 Å². The van der Waals surface area contributed by atoms with E-state index in [1.165, 1.54) is 24.0 Å². The van der Waals surface area contributed by atoms with Gasteiger partial charge in [-0.3, -0.25) is 4.90 Å². The summed E-state index contributed by atoms with van der Waals surface area (Å²) in [4.78, 5) is 2.57. The van der Waals surface area contributed by atoms with Gasteiger partial charge in [-0.25, -0.2) is 0 Å². The highest BCUT2D eigenvalue weighted by Crippen LogP contribution is 2.41. The zero-order valence-electron chi connectivity index (χ0n) is 12.2. The first-order valence-corrected chi connectivity index (χ1v) is 7.74. The second-order valence-corrected chi connectivity index (χ2v) is 6.73. The van der Waals surface area contributed by atoms with Gasteiger partial charge in [0.15, 0.2) is 0 Å². The summed E-state index contributed by atoms with van der Waals surface area (Å²) < 4.78 is 0. The molecule has 0 bridgehead atoms. The minimum absolute atomic E-state index is 0.297. The summed E-state index contributed by atoms with van der Waals surface area (Å²) in [5, 5.41) is 0. The van der Waals surface area contributed by atoms with Crippen LogP contribution in [0.4, 0.5) is 0 Å². The van der Waals surface area contributed by atoms with Gasteiger partial charge < -0.3 is 5.73 Å². The molecule has 2 atom stereocenters. The van der Waals surface area contributed by atoms with Crippen LogP contribution in [0.1, 0.15) is 56.2 Å². The fourth-order valence-corrected chi connectivity index (χ4v) is 3.40. The van der Waals surface area contributed by atoms with Gasteiger partial charge in [0.05, 0.1) is 0 Å². The van der Waals surface area contributed by atoms with E-state index in [4.69, 9.17) is 5.73 Å². The Morgan fingerprint density at radius 2 is 1.74 bits per heavy atom. The average Bonchev–Trinajstić information content (AvgIpc) is 3.16. The van der Waals surface area contributed by atoms with Crippen molar-refractivity contribution in [3.05, 3.63) is 35.4 Å². The molecule has 3 rings (SSSR count). The molecule has 1 aromatic rings. The lowest BCUT2D eigenvalue weighted by Gasteiger charge is -2.28. The molecule has 2 fully saturated rings. The van der Waals surface area contributed by atoms with E-state index in [2.05, 4.69) is 43.0 Å². The van der Waals surface area contributed by atoms with Crippen LogP contribution in [0.5, 0.6) is 0 Å². The number of hydrogen-bond acceptors (Lipinski definition) is 2. The van der Waals surface area contributed by atoms with Gasteiger partial charge in [-0.15, -0.1) is 0 Å². The molecule has 2 nitrogen and oxygen atoms in total. The van der Waals surface area contributed by atoms with Crippen LogP contribution < -0.4 is 5.73 Å². The molecule has 2 unspecified atom stereocenters. The SMILES string of the molecule is CC(C)CN1CCC(N)C1c1ccc(C2CC2)cc1. The van der Waals surface area contributed by atoms with Crippen LogP contribution in [-0.4, -0.2) is 24.0 Å². The van der Waals surface area contributed by atoms with E-state index in [1.807, 2.05) is 0 Å². The molecule has 2 heteroatoms. The number of nitrogens with zero attached hydrogens (tertiary/aromatic N) is 1. The highest BCUT2D eigenvalue weighted by atomic mass is 15.2. The predicted octanol–water partition coefficient (Wildman–Crippen LogP) is 3.29.